The monoisotopic (exact) mass is 272 g/mol. The molecule has 2 saturated carbocycles. The molecule has 0 radical (unpaired) electrons. The van der Waals surface area contributed by atoms with Crippen molar-refractivity contribution in [1.82, 2.24) is 0 Å². The number of phenols is 1. The molecule has 0 aromatic heterocycles. The average molecular weight is 272 g/mol. The predicted octanol–water partition coefficient (Wildman–Crippen LogP) is 5.36. The summed E-state index contributed by atoms with van der Waals surface area (Å²) in [7, 11) is 0. The predicted molar refractivity (Wildman–Crippen MR) is 84.5 cm³/mol. The van der Waals surface area contributed by atoms with Gasteiger partial charge in [0.2, 0.25) is 0 Å². The van der Waals surface area contributed by atoms with Crippen molar-refractivity contribution in [1.29, 1.82) is 0 Å². The zero-order valence-corrected chi connectivity index (χ0v) is 13.3. The van der Waals surface area contributed by atoms with Crippen LogP contribution in [-0.2, 0) is 10.8 Å². The highest BCUT2D eigenvalue weighted by Crippen LogP contribution is 2.52. The first kappa shape index (κ1) is 14.0. The molecule has 1 aromatic carbocycles. The lowest BCUT2D eigenvalue weighted by Gasteiger charge is -2.36. The third-order valence-electron chi connectivity index (χ3n) is 6.01. The maximum atomic E-state index is 10.6. The summed E-state index contributed by atoms with van der Waals surface area (Å²) in [6, 6.07) is 4.05. The van der Waals surface area contributed by atoms with Gasteiger partial charge in [-0.3, -0.25) is 0 Å². The van der Waals surface area contributed by atoms with Crippen molar-refractivity contribution in [2.24, 2.45) is 0 Å². The van der Waals surface area contributed by atoms with Gasteiger partial charge in [0.25, 0.3) is 0 Å². The molecule has 0 amide bonds. The Labute approximate surface area is 123 Å². The van der Waals surface area contributed by atoms with Gasteiger partial charge in [0.1, 0.15) is 5.75 Å². The van der Waals surface area contributed by atoms with Crippen LogP contribution in [0.1, 0.15) is 81.9 Å². The third kappa shape index (κ3) is 2.06. The molecule has 0 aliphatic heterocycles. The molecule has 0 bridgehead atoms. The van der Waals surface area contributed by atoms with Crippen LogP contribution in [-0.4, -0.2) is 5.11 Å². The lowest BCUT2D eigenvalue weighted by atomic mass is 9.68. The summed E-state index contributed by atoms with van der Waals surface area (Å²) < 4.78 is 0. The normalized spacial score (nSPS) is 24.1. The maximum absolute atomic E-state index is 10.6. The lowest BCUT2D eigenvalue weighted by molar-refractivity contribution is 0.398. The fourth-order valence-electron chi connectivity index (χ4n) is 4.90. The minimum absolute atomic E-state index is 0.192. The Hall–Kier alpha value is -0.980. The SMILES string of the molecule is Cc1ccc(O)c(C2(C)CCCC2)c1C1(C)CCCC1. The molecule has 0 atom stereocenters. The Kier molecular flexibility index (Phi) is 3.35. The van der Waals surface area contributed by atoms with E-state index in [9.17, 15) is 5.11 Å². The fourth-order valence-corrected chi connectivity index (χ4v) is 4.90. The summed E-state index contributed by atoms with van der Waals surface area (Å²) in [5, 5.41) is 10.6. The molecule has 3 rings (SSSR count). The smallest absolute Gasteiger partial charge is 0.119 e. The summed E-state index contributed by atoms with van der Waals surface area (Å²) in [6.45, 7) is 7.03. The Bertz CT molecular complexity index is 456. The summed E-state index contributed by atoms with van der Waals surface area (Å²) in [5.74, 6) is 0.545. The van der Waals surface area contributed by atoms with E-state index in [1.165, 1.54) is 68.1 Å². The first-order chi connectivity index (χ1) is 9.46. The van der Waals surface area contributed by atoms with Crippen LogP contribution in [0, 0.1) is 6.92 Å². The lowest BCUT2D eigenvalue weighted by Crippen LogP contribution is -2.28. The van der Waals surface area contributed by atoms with Crippen LogP contribution in [0.25, 0.3) is 0 Å². The van der Waals surface area contributed by atoms with Crippen LogP contribution in [0.2, 0.25) is 0 Å². The number of benzene rings is 1. The van der Waals surface area contributed by atoms with Gasteiger partial charge in [0.05, 0.1) is 0 Å². The molecule has 1 N–H and O–H groups in total. The van der Waals surface area contributed by atoms with Crippen molar-refractivity contribution >= 4 is 0 Å². The second-order valence-electron chi connectivity index (χ2n) is 7.69. The van der Waals surface area contributed by atoms with Gasteiger partial charge in [-0.15, -0.1) is 0 Å². The van der Waals surface area contributed by atoms with Gasteiger partial charge in [-0.2, -0.15) is 0 Å². The maximum Gasteiger partial charge on any atom is 0.119 e. The van der Waals surface area contributed by atoms with Crippen molar-refractivity contribution in [2.75, 3.05) is 0 Å². The van der Waals surface area contributed by atoms with Gasteiger partial charge in [-0.1, -0.05) is 45.6 Å². The fraction of sp³-hybridized carbons (Fsp3) is 0.684. The second-order valence-corrected chi connectivity index (χ2v) is 7.69. The van der Waals surface area contributed by atoms with Crippen molar-refractivity contribution in [3.63, 3.8) is 0 Å². The number of aromatic hydroxyl groups is 1. The molecule has 2 fully saturated rings. The van der Waals surface area contributed by atoms with Crippen molar-refractivity contribution < 1.29 is 5.11 Å². The molecule has 0 heterocycles. The molecule has 2 aliphatic carbocycles. The van der Waals surface area contributed by atoms with Crippen molar-refractivity contribution in [3.8, 4) is 5.75 Å². The minimum Gasteiger partial charge on any atom is -0.508 e. The number of phenolic OH excluding ortho intramolecular Hbond substituents is 1. The standard InChI is InChI=1S/C19H28O/c1-14-8-9-15(20)17(19(3)12-6-7-13-19)16(14)18(2)10-4-5-11-18/h8-9,20H,4-7,10-13H2,1-3H3. The van der Waals surface area contributed by atoms with E-state index in [4.69, 9.17) is 0 Å². The number of hydrogen-bond acceptors (Lipinski definition) is 1. The van der Waals surface area contributed by atoms with E-state index in [1.54, 1.807) is 0 Å². The molecular formula is C19H28O. The molecule has 1 aromatic rings. The van der Waals surface area contributed by atoms with Gasteiger partial charge in [0, 0.05) is 5.56 Å². The molecule has 0 saturated heterocycles. The Morgan fingerprint density at radius 3 is 1.75 bits per heavy atom. The highest BCUT2D eigenvalue weighted by molar-refractivity contribution is 5.52. The highest BCUT2D eigenvalue weighted by atomic mass is 16.3. The molecule has 0 unspecified atom stereocenters. The van der Waals surface area contributed by atoms with Crippen LogP contribution in [0.5, 0.6) is 5.75 Å². The molecule has 1 nitrogen and oxygen atoms in total. The Morgan fingerprint density at radius 2 is 1.25 bits per heavy atom. The summed E-state index contributed by atoms with van der Waals surface area (Å²) in [5.41, 5.74) is 4.63. The van der Waals surface area contributed by atoms with E-state index < -0.39 is 0 Å². The first-order valence-corrected chi connectivity index (χ1v) is 8.30. The summed E-state index contributed by atoms with van der Waals surface area (Å²) in [6.07, 6.45) is 10.3. The minimum atomic E-state index is 0.192. The van der Waals surface area contributed by atoms with E-state index >= 15 is 0 Å². The van der Waals surface area contributed by atoms with Crippen molar-refractivity contribution in [2.45, 2.75) is 83.0 Å². The van der Waals surface area contributed by atoms with Crippen LogP contribution >= 0.6 is 0 Å². The van der Waals surface area contributed by atoms with Gasteiger partial charge >= 0.3 is 0 Å². The van der Waals surface area contributed by atoms with E-state index in [-0.39, 0.29) is 10.8 Å². The van der Waals surface area contributed by atoms with Gasteiger partial charge in [-0.05, 0) is 60.6 Å². The molecule has 2 aliphatic rings. The van der Waals surface area contributed by atoms with Crippen LogP contribution < -0.4 is 0 Å². The van der Waals surface area contributed by atoms with Crippen molar-refractivity contribution in [3.05, 3.63) is 28.8 Å². The zero-order valence-electron chi connectivity index (χ0n) is 13.3. The first-order valence-electron chi connectivity index (χ1n) is 8.30. The zero-order chi connectivity index (χ0) is 14.4. The average Bonchev–Trinajstić information content (AvgIpc) is 3.02. The topological polar surface area (TPSA) is 20.2 Å². The highest BCUT2D eigenvalue weighted by Gasteiger charge is 2.41. The molecule has 1 heteroatoms. The largest absolute Gasteiger partial charge is 0.508 e. The number of rotatable bonds is 2. The van der Waals surface area contributed by atoms with Crippen LogP contribution in [0.3, 0.4) is 0 Å². The Morgan fingerprint density at radius 1 is 0.800 bits per heavy atom. The summed E-state index contributed by atoms with van der Waals surface area (Å²) >= 11 is 0. The van der Waals surface area contributed by atoms with E-state index in [1.807, 2.05) is 6.07 Å². The van der Waals surface area contributed by atoms with Gasteiger partial charge < -0.3 is 5.11 Å². The van der Waals surface area contributed by atoms with E-state index in [0.717, 1.165) is 0 Å². The second kappa shape index (κ2) is 4.79. The van der Waals surface area contributed by atoms with Gasteiger partial charge in [-0.25, -0.2) is 0 Å². The molecule has 110 valence electrons. The van der Waals surface area contributed by atoms with Crippen LogP contribution in [0.15, 0.2) is 12.1 Å². The summed E-state index contributed by atoms with van der Waals surface area (Å²) in [4.78, 5) is 0. The van der Waals surface area contributed by atoms with Gasteiger partial charge in [0.15, 0.2) is 0 Å². The molecule has 0 spiro atoms. The van der Waals surface area contributed by atoms with Crippen LogP contribution in [0.4, 0.5) is 0 Å². The molecule has 20 heavy (non-hydrogen) atoms. The van der Waals surface area contributed by atoms with E-state index in [0.29, 0.717) is 5.75 Å². The molecular weight excluding hydrogens is 244 g/mol. The van der Waals surface area contributed by atoms with E-state index in [2.05, 4.69) is 26.8 Å². The number of aryl methyl sites for hydroxylation is 1. The quantitative estimate of drug-likeness (QED) is 0.768. The third-order valence-corrected chi connectivity index (χ3v) is 6.01. The Balaban J connectivity index is 2.20. The number of hydrogen-bond donors (Lipinski definition) is 1.